The molecule has 0 aliphatic heterocycles. The van der Waals surface area contributed by atoms with Crippen LogP contribution in [0.1, 0.15) is 24.0 Å². The van der Waals surface area contributed by atoms with Crippen molar-refractivity contribution in [3.05, 3.63) is 59.7 Å². The summed E-state index contributed by atoms with van der Waals surface area (Å²) in [5.74, 6) is 0. The van der Waals surface area contributed by atoms with E-state index in [4.69, 9.17) is 28.4 Å². The molecule has 0 spiro atoms. The summed E-state index contributed by atoms with van der Waals surface area (Å²) in [6.45, 7) is 6.05. The number of hydrogen-bond acceptors (Lipinski definition) is 6. The maximum atomic E-state index is 5.97. The number of rotatable bonds is 18. The molecule has 33 heavy (non-hydrogen) atoms. The lowest BCUT2D eigenvalue weighted by Gasteiger charge is -2.32. The number of methoxy groups -OCH3 is 2. The molecule has 2 aromatic carbocycles. The predicted molar refractivity (Wildman–Crippen MR) is 129 cm³/mol. The van der Waals surface area contributed by atoms with E-state index in [1.807, 2.05) is 0 Å². The maximum absolute atomic E-state index is 5.97. The Morgan fingerprint density at radius 3 is 1.27 bits per heavy atom. The van der Waals surface area contributed by atoms with Gasteiger partial charge >= 0.3 is 0 Å². The third kappa shape index (κ3) is 7.09. The highest BCUT2D eigenvalue weighted by Gasteiger charge is 2.42. The Morgan fingerprint density at radius 2 is 0.848 bits per heavy atom. The second kappa shape index (κ2) is 14.5. The first-order valence-electron chi connectivity index (χ1n) is 11.8. The normalized spacial score (nSPS) is 13.8. The van der Waals surface area contributed by atoms with Crippen LogP contribution in [0.4, 0.5) is 0 Å². The van der Waals surface area contributed by atoms with Crippen molar-refractivity contribution >= 4 is 0 Å². The van der Waals surface area contributed by atoms with Crippen molar-refractivity contribution < 1.29 is 28.4 Å². The third-order valence-electron chi connectivity index (χ3n) is 6.13. The zero-order valence-electron chi connectivity index (χ0n) is 20.1. The number of ether oxygens (including phenoxy) is 6. The molecule has 0 saturated carbocycles. The van der Waals surface area contributed by atoms with E-state index < -0.39 is 0 Å². The molecular weight excluding hydrogens is 420 g/mol. The van der Waals surface area contributed by atoms with Gasteiger partial charge in [-0.1, -0.05) is 48.5 Å². The largest absolute Gasteiger partial charge is 0.382 e. The van der Waals surface area contributed by atoms with Gasteiger partial charge in [0.05, 0.1) is 52.9 Å². The van der Waals surface area contributed by atoms with Gasteiger partial charge in [-0.2, -0.15) is 0 Å². The van der Waals surface area contributed by atoms with Crippen LogP contribution in [0.5, 0.6) is 0 Å². The molecule has 3 rings (SSSR count). The fourth-order valence-electron chi connectivity index (χ4n) is 4.50. The fourth-order valence-corrected chi connectivity index (χ4v) is 4.50. The van der Waals surface area contributed by atoms with Crippen LogP contribution in [0.2, 0.25) is 0 Å². The van der Waals surface area contributed by atoms with E-state index in [-0.39, 0.29) is 5.41 Å². The lowest BCUT2D eigenvalue weighted by molar-refractivity contribution is 0.0145. The minimum absolute atomic E-state index is 0.124. The number of hydrogen-bond donors (Lipinski definition) is 0. The minimum atomic E-state index is -0.124. The lowest BCUT2D eigenvalue weighted by Crippen LogP contribution is -2.29. The van der Waals surface area contributed by atoms with Crippen molar-refractivity contribution in [2.45, 2.75) is 18.3 Å². The predicted octanol–water partition coefficient (Wildman–Crippen LogP) is 4.09. The number of benzene rings is 2. The van der Waals surface area contributed by atoms with E-state index >= 15 is 0 Å². The van der Waals surface area contributed by atoms with Crippen molar-refractivity contribution in [1.29, 1.82) is 0 Å². The molecule has 0 atom stereocenters. The van der Waals surface area contributed by atoms with E-state index in [9.17, 15) is 0 Å². The van der Waals surface area contributed by atoms with Crippen molar-refractivity contribution in [1.82, 2.24) is 0 Å². The molecule has 0 heterocycles. The van der Waals surface area contributed by atoms with Crippen LogP contribution in [0.15, 0.2) is 48.5 Å². The molecule has 1 aliphatic rings. The molecule has 0 unspecified atom stereocenters. The second-order valence-corrected chi connectivity index (χ2v) is 8.11. The highest BCUT2D eigenvalue weighted by Crippen LogP contribution is 2.52. The Labute approximate surface area is 198 Å². The molecule has 2 aromatic rings. The summed E-state index contributed by atoms with van der Waals surface area (Å²) in [5.41, 5.74) is 5.25. The van der Waals surface area contributed by atoms with Gasteiger partial charge in [0.15, 0.2) is 0 Å². The summed E-state index contributed by atoms with van der Waals surface area (Å²) in [4.78, 5) is 0. The van der Waals surface area contributed by atoms with E-state index in [0.717, 1.165) is 12.8 Å². The first-order valence-corrected chi connectivity index (χ1v) is 11.8. The standard InChI is InChI=1S/C27H38O6/c1-28-15-17-32-21-19-30-13-11-27(12-14-31-20-22-33-18-16-29-2)25-9-5-3-7-23(25)24-8-4-6-10-26(24)27/h3-10H,11-22H2,1-2H3. The molecule has 0 amide bonds. The Morgan fingerprint density at radius 1 is 0.485 bits per heavy atom. The average molecular weight is 459 g/mol. The highest BCUT2D eigenvalue weighted by atomic mass is 16.5. The Bertz CT molecular complexity index is 741. The molecule has 0 fully saturated rings. The lowest BCUT2D eigenvalue weighted by atomic mass is 9.73. The summed E-state index contributed by atoms with van der Waals surface area (Å²) in [6, 6.07) is 17.5. The quantitative estimate of drug-likeness (QED) is 0.314. The molecule has 6 heteroatoms. The van der Waals surface area contributed by atoms with Gasteiger partial charge in [0, 0.05) is 32.8 Å². The fraction of sp³-hybridized carbons (Fsp3) is 0.556. The van der Waals surface area contributed by atoms with Crippen LogP contribution in [0, 0.1) is 0 Å². The summed E-state index contributed by atoms with van der Waals surface area (Å²) < 4.78 is 33.0. The first-order chi connectivity index (χ1) is 16.3. The highest BCUT2D eigenvalue weighted by molar-refractivity contribution is 5.80. The SMILES string of the molecule is COCCOCCOCCC1(CCOCCOCCOC)c2ccccc2-c2ccccc21. The van der Waals surface area contributed by atoms with E-state index in [1.54, 1.807) is 14.2 Å². The summed E-state index contributed by atoms with van der Waals surface area (Å²) in [5, 5.41) is 0. The summed E-state index contributed by atoms with van der Waals surface area (Å²) in [7, 11) is 3.35. The van der Waals surface area contributed by atoms with Gasteiger partial charge in [0.1, 0.15) is 0 Å². The molecule has 1 aliphatic carbocycles. The van der Waals surface area contributed by atoms with E-state index in [1.165, 1.54) is 22.3 Å². The average Bonchev–Trinajstić information content (AvgIpc) is 3.13. The molecule has 0 radical (unpaired) electrons. The third-order valence-corrected chi connectivity index (χ3v) is 6.13. The Kier molecular flexibility index (Phi) is 11.3. The van der Waals surface area contributed by atoms with Crippen LogP contribution < -0.4 is 0 Å². The van der Waals surface area contributed by atoms with Gasteiger partial charge in [0.25, 0.3) is 0 Å². The molecule has 182 valence electrons. The van der Waals surface area contributed by atoms with Gasteiger partial charge in [0.2, 0.25) is 0 Å². The minimum Gasteiger partial charge on any atom is -0.382 e. The Balaban J connectivity index is 1.61. The van der Waals surface area contributed by atoms with Crippen molar-refractivity contribution in [3.8, 4) is 11.1 Å². The summed E-state index contributed by atoms with van der Waals surface area (Å²) >= 11 is 0. The van der Waals surface area contributed by atoms with Crippen LogP contribution in [-0.4, -0.2) is 80.3 Å². The molecule has 0 bridgehead atoms. The molecule has 0 N–H and O–H groups in total. The topological polar surface area (TPSA) is 55.4 Å². The van der Waals surface area contributed by atoms with Gasteiger partial charge < -0.3 is 28.4 Å². The van der Waals surface area contributed by atoms with Gasteiger partial charge in [-0.05, 0) is 35.1 Å². The monoisotopic (exact) mass is 458 g/mol. The van der Waals surface area contributed by atoms with Crippen molar-refractivity contribution in [2.24, 2.45) is 0 Å². The van der Waals surface area contributed by atoms with E-state index in [0.29, 0.717) is 66.1 Å². The maximum Gasteiger partial charge on any atom is 0.0701 e. The second-order valence-electron chi connectivity index (χ2n) is 8.11. The van der Waals surface area contributed by atoms with Gasteiger partial charge in [-0.15, -0.1) is 0 Å². The molecular formula is C27H38O6. The molecule has 0 aromatic heterocycles. The first kappa shape index (κ1) is 25.8. The zero-order chi connectivity index (χ0) is 23.2. The molecule has 0 saturated heterocycles. The van der Waals surface area contributed by atoms with Gasteiger partial charge in [-0.3, -0.25) is 0 Å². The van der Waals surface area contributed by atoms with Crippen molar-refractivity contribution in [2.75, 3.05) is 80.3 Å². The smallest absolute Gasteiger partial charge is 0.0701 e. The van der Waals surface area contributed by atoms with Crippen LogP contribution >= 0.6 is 0 Å². The summed E-state index contributed by atoms with van der Waals surface area (Å²) in [6.07, 6.45) is 1.79. The van der Waals surface area contributed by atoms with Crippen LogP contribution in [-0.2, 0) is 33.8 Å². The van der Waals surface area contributed by atoms with E-state index in [2.05, 4.69) is 48.5 Å². The van der Waals surface area contributed by atoms with Crippen molar-refractivity contribution in [3.63, 3.8) is 0 Å². The number of fused-ring (bicyclic) bond motifs is 3. The molecule has 6 nitrogen and oxygen atoms in total. The van der Waals surface area contributed by atoms with Crippen LogP contribution in [0.25, 0.3) is 11.1 Å². The zero-order valence-corrected chi connectivity index (χ0v) is 20.1. The Hall–Kier alpha value is -1.80. The van der Waals surface area contributed by atoms with Crippen LogP contribution in [0.3, 0.4) is 0 Å². The van der Waals surface area contributed by atoms with Gasteiger partial charge in [-0.25, -0.2) is 0 Å².